The Bertz CT molecular complexity index is 641. The van der Waals surface area contributed by atoms with Crippen LogP contribution in [0.15, 0.2) is 6.07 Å². The zero-order valence-electron chi connectivity index (χ0n) is 13.7. The molecule has 0 aliphatic heterocycles. The van der Waals surface area contributed by atoms with E-state index in [1.165, 1.54) is 38.4 Å². The van der Waals surface area contributed by atoms with E-state index < -0.39 is 9.84 Å². The highest BCUT2D eigenvalue weighted by atomic mass is 32.2. The van der Waals surface area contributed by atoms with Gasteiger partial charge in [0.2, 0.25) is 0 Å². The first-order chi connectivity index (χ1) is 10.3. The number of nitrogens with one attached hydrogen (secondary N) is 1. The first-order valence-corrected chi connectivity index (χ1v) is 10.00. The summed E-state index contributed by atoms with van der Waals surface area (Å²) in [7, 11) is -3.05. The van der Waals surface area contributed by atoms with Crippen molar-refractivity contribution in [2.75, 3.05) is 18.6 Å². The fourth-order valence-electron chi connectivity index (χ4n) is 3.35. The van der Waals surface area contributed by atoms with Gasteiger partial charge in [-0.15, -0.1) is 0 Å². The van der Waals surface area contributed by atoms with Crippen molar-refractivity contribution < 1.29 is 13.2 Å². The molecule has 0 atom stereocenters. The normalized spacial score (nSPS) is 16.7. The van der Waals surface area contributed by atoms with Gasteiger partial charge in [-0.05, 0) is 32.8 Å². The predicted molar refractivity (Wildman–Crippen MR) is 88.1 cm³/mol. The molecule has 0 aromatic carbocycles. The Morgan fingerprint density at radius 2 is 1.91 bits per heavy atom. The van der Waals surface area contributed by atoms with E-state index >= 15 is 0 Å². The van der Waals surface area contributed by atoms with Crippen LogP contribution in [0.2, 0.25) is 0 Å². The minimum Gasteiger partial charge on any atom is -0.351 e. The largest absolute Gasteiger partial charge is 0.351 e. The number of carbonyl (C=O) groups is 1. The van der Waals surface area contributed by atoms with Crippen molar-refractivity contribution in [1.29, 1.82) is 0 Å². The standard InChI is InChI=1S/C16H26N2O3S/c1-12-11-15(16(19)17-9-10-22(3,20)21)13(2)18(12)14-7-5-4-6-8-14/h11,14H,4-10H2,1-3H3,(H,17,19). The lowest BCUT2D eigenvalue weighted by Crippen LogP contribution is -2.29. The quantitative estimate of drug-likeness (QED) is 0.903. The van der Waals surface area contributed by atoms with Crippen molar-refractivity contribution >= 4 is 15.7 Å². The maximum Gasteiger partial charge on any atom is 0.253 e. The molecule has 1 aromatic rings. The van der Waals surface area contributed by atoms with Crippen molar-refractivity contribution in [2.45, 2.75) is 52.0 Å². The van der Waals surface area contributed by atoms with E-state index in [2.05, 4.69) is 9.88 Å². The Kier molecular flexibility index (Phi) is 5.32. The van der Waals surface area contributed by atoms with E-state index in [-0.39, 0.29) is 18.2 Å². The van der Waals surface area contributed by atoms with Gasteiger partial charge in [0.05, 0.1) is 11.3 Å². The Morgan fingerprint density at radius 1 is 1.27 bits per heavy atom. The molecule has 5 nitrogen and oxygen atoms in total. The van der Waals surface area contributed by atoms with Crippen LogP contribution >= 0.6 is 0 Å². The van der Waals surface area contributed by atoms with E-state index in [0.29, 0.717) is 11.6 Å². The lowest BCUT2D eigenvalue weighted by Gasteiger charge is -2.26. The molecule has 1 amide bonds. The second-order valence-corrected chi connectivity index (χ2v) is 8.59. The monoisotopic (exact) mass is 326 g/mol. The van der Waals surface area contributed by atoms with E-state index in [1.54, 1.807) is 0 Å². The highest BCUT2D eigenvalue weighted by molar-refractivity contribution is 7.90. The summed E-state index contributed by atoms with van der Waals surface area (Å²) in [5, 5.41) is 2.71. The van der Waals surface area contributed by atoms with Gasteiger partial charge in [0.15, 0.2) is 0 Å². The van der Waals surface area contributed by atoms with Gasteiger partial charge < -0.3 is 9.88 Å². The molecule has 124 valence electrons. The third kappa shape index (κ3) is 4.12. The smallest absolute Gasteiger partial charge is 0.253 e. The molecule has 0 spiro atoms. The number of amides is 1. The third-order valence-corrected chi connectivity index (χ3v) is 5.37. The second-order valence-electron chi connectivity index (χ2n) is 6.33. The van der Waals surface area contributed by atoms with Gasteiger partial charge in [-0.2, -0.15) is 0 Å². The minimum atomic E-state index is -3.05. The van der Waals surface area contributed by atoms with Crippen molar-refractivity contribution in [3.8, 4) is 0 Å². The highest BCUT2D eigenvalue weighted by Crippen LogP contribution is 2.32. The van der Waals surface area contributed by atoms with Crippen LogP contribution < -0.4 is 5.32 Å². The summed E-state index contributed by atoms with van der Waals surface area (Å²) in [5.41, 5.74) is 2.76. The van der Waals surface area contributed by atoms with E-state index in [9.17, 15) is 13.2 Å². The molecule has 1 saturated carbocycles. The molecular formula is C16H26N2O3S. The molecule has 1 aromatic heterocycles. The lowest BCUT2D eigenvalue weighted by molar-refractivity contribution is 0.0955. The van der Waals surface area contributed by atoms with Crippen molar-refractivity contribution in [3.05, 3.63) is 23.0 Å². The molecule has 2 rings (SSSR count). The Morgan fingerprint density at radius 3 is 2.50 bits per heavy atom. The van der Waals surface area contributed by atoms with E-state index in [1.807, 2.05) is 19.9 Å². The number of hydrogen-bond donors (Lipinski definition) is 1. The zero-order chi connectivity index (χ0) is 16.3. The molecular weight excluding hydrogens is 300 g/mol. The van der Waals surface area contributed by atoms with Gasteiger partial charge in [0.25, 0.3) is 5.91 Å². The molecule has 22 heavy (non-hydrogen) atoms. The average molecular weight is 326 g/mol. The molecule has 1 N–H and O–H groups in total. The highest BCUT2D eigenvalue weighted by Gasteiger charge is 2.22. The van der Waals surface area contributed by atoms with Crippen LogP contribution in [0.25, 0.3) is 0 Å². The average Bonchev–Trinajstić information content (AvgIpc) is 2.73. The second kappa shape index (κ2) is 6.86. The summed E-state index contributed by atoms with van der Waals surface area (Å²) in [6.07, 6.45) is 7.31. The summed E-state index contributed by atoms with van der Waals surface area (Å²) < 4.78 is 24.5. The van der Waals surface area contributed by atoms with Gasteiger partial charge >= 0.3 is 0 Å². The third-order valence-electron chi connectivity index (χ3n) is 4.43. The summed E-state index contributed by atoms with van der Waals surface area (Å²) in [6, 6.07) is 2.41. The van der Waals surface area contributed by atoms with E-state index in [0.717, 1.165) is 11.4 Å². The maximum absolute atomic E-state index is 12.3. The van der Waals surface area contributed by atoms with Crippen molar-refractivity contribution in [1.82, 2.24) is 9.88 Å². The van der Waals surface area contributed by atoms with Crippen LogP contribution in [0.4, 0.5) is 0 Å². The topological polar surface area (TPSA) is 68.2 Å². The van der Waals surface area contributed by atoms with Crippen LogP contribution in [0.3, 0.4) is 0 Å². The molecule has 0 radical (unpaired) electrons. The molecule has 0 saturated heterocycles. The first kappa shape index (κ1) is 17.1. The van der Waals surface area contributed by atoms with Crippen LogP contribution in [-0.2, 0) is 9.84 Å². The number of sulfone groups is 1. The number of nitrogens with zero attached hydrogens (tertiary/aromatic N) is 1. The van der Waals surface area contributed by atoms with Gasteiger partial charge in [-0.25, -0.2) is 8.42 Å². The van der Waals surface area contributed by atoms with Gasteiger partial charge in [-0.1, -0.05) is 19.3 Å². The SMILES string of the molecule is Cc1cc(C(=O)NCCS(C)(=O)=O)c(C)n1C1CCCCC1. The number of aromatic nitrogens is 1. The number of rotatable bonds is 5. The van der Waals surface area contributed by atoms with Crippen molar-refractivity contribution in [3.63, 3.8) is 0 Å². The molecule has 1 aliphatic rings. The summed E-state index contributed by atoms with van der Waals surface area (Å²) in [5.74, 6) is -0.209. The fraction of sp³-hybridized carbons (Fsp3) is 0.688. The van der Waals surface area contributed by atoms with E-state index in [4.69, 9.17) is 0 Å². The van der Waals surface area contributed by atoms with Crippen molar-refractivity contribution in [2.24, 2.45) is 0 Å². The minimum absolute atomic E-state index is 0.0277. The first-order valence-electron chi connectivity index (χ1n) is 7.94. The Balaban J connectivity index is 2.10. The lowest BCUT2D eigenvalue weighted by atomic mass is 9.95. The summed E-state index contributed by atoms with van der Waals surface area (Å²) >= 11 is 0. The number of aryl methyl sites for hydroxylation is 1. The Hall–Kier alpha value is -1.30. The van der Waals surface area contributed by atoms with Crippen LogP contribution in [0.5, 0.6) is 0 Å². The molecule has 0 bridgehead atoms. The zero-order valence-corrected chi connectivity index (χ0v) is 14.5. The fourth-order valence-corrected chi connectivity index (χ4v) is 3.83. The predicted octanol–water partition coefficient (Wildman–Crippen LogP) is 2.38. The molecule has 1 fully saturated rings. The van der Waals surface area contributed by atoms with Crippen LogP contribution in [-0.4, -0.2) is 37.4 Å². The molecule has 0 unspecified atom stereocenters. The molecule has 6 heteroatoms. The molecule has 1 aliphatic carbocycles. The van der Waals surface area contributed by atoms with Gasteiger partial charge in [0.1, 0.15) is 9.84 Å². The maximum atomic E-state index is 12.3. The number of hydrogen-bond acceptors (Lipinski definition) is 3. The molecule has 1 heterocycles. The van der Waals surface area contributed by atoms with Gasteiger partial charge in [-0.3, -0.25) is 4.79 Å². The van der Waals surface area contributed by atoms with Crippen LogP contribution in [0.1, 0.15) is 59.9 Å². The summed E-state index contributed by atoms with van der Waals surface area (Å²) in [4.78, 5) is 12.3. The summed E-state index contributed by atoms with van der Waals surface area (Å²) in [6.45, 7) is 4.17. The Labute approximate surface area is 133 Å². The van der Waals surface area contributed by atoms with Crippen LogP contribution in [0, 0.1) is 13.8 Å². The number of carbonyl (C=O) groups excluding carboxylic acids is 1. The van der Waals surface area contributed by atoms with Gasteiger partial charge in [0, 0.05) is 30.2 Å².